The average molecular weight is 696 g/mol. The number of hydrogen-bond acceptors (Lipinski definition) is 11. The second kappa shape index (κ2) is 20.6. The van der Waals surface area contributed by atoms with E-state index in [0.29, 0.717) is 5.56 Å². The number of carbonyl (C=O) groups excluding carboxylic acids is 6. The van der Waals surface area contributed by atoms with Gasteiger partial charge in [-0.1, -0.05) is 30.3 Å². The fourth-order valence-electron chi connectivity index (χ4n) is 4.11. The number of rotatable bonds is 22. The number of amides is 6. The Morgan fingerprint density at radius 2 is 1.16 bits per heavy atom. The summed E-state index contributed by atoms with van der Waals surface area (Å²) in [5, 5.41) is 48.2. The highest BCUT2D eigenvalue weighted by Crippen LogP contribution is 2.07. The summed E-state index contributed by atoms with van der Waals surface area (Å²) in [4.78, 5) is 109. The van der Waals surface area contributed by atoms with Crippen LogP contribution in [0.2, 0.25) is 0 Å². The quantitative estimate of drug-likeness (QED) is 0.0547. The van der Waals surface area contributed by atoms with Crippen molar-refractivity contribution in [3.8, 4) is 0 Å². The monoisotopic (exact) mass is 695 g/mol. The fourth-order valence-corrected chi connectivity index (χ4v) is 4.11. The van der Waals surface area contributed by atoms with Gasteiger partial charge in [0.05, 0.1) is 19.1 Å². The highest BCUT2D eigenvalue weighted by molar-refractivity contribution is 5.96. The van der Waals surface area contributed by atoms with Crippen LogP contribution in [0.4, 0.5) is 0 Å². The minimum absolute atomic E-state index is 0.115. The normalized spacial score (nSPS) is 14.3. The zero-order valence-electron chi connectivity index (χ0n) is 26.4. The lowest BCUT2D eigenvalue weighted by Crippen LogP contribution is -2.59. The van der Waals surface area contributed by atoms with E-state index in [1.165, 1.54) is 6.92 Å². The molecule has 0 saturated carbocycles. The van der Waals surface area contributed by atoms with Gasteiger partial charge in [-0.25, -0.2) is 4.79 Å². The van der Waals surface area contributed by atoms with Gasteiger partial charge in [0.2, 0.25) is 35.4 Å². The third kappa shape index (κ3) is 15.7. The first-order valence-corrected chi connectivity index (χ1v) is 14.8. The molecule has 6 amide bonds. The van der Waals surface area contributed by atoms with Crippen LogP contribution in [0.3, 0.4) is 0 Å². The van der Waals surface area contributed by atoms with Gasteiger partial charge in [-0.2, -0.15) is 0 Å². The summed E-state index contributed by atoms with van der Waals surface area (Å²) in [6, 6.07) is -0.932. The Labute approximate surface area is 279 Å². The van der Waals surface area contributed by atoms with E-state index in [1.54, 1.807) is 30.3 Å². The van der Waals surface area contributed by atoms with Gasteiger partial charge < -0.3 is 58.5 Å². The number of carboxylic acids is 3. The Kier molecular flexibility index (Phi) is 17.4. The fraction of sp³-hybridized carbons (Fsp3) is 0.483. The predicted molar refractivity (Wildman–Crippen MR) is 166 cm³/mol. The molecular weight excluding hydrogens is 654 g/mol. The van der Waals surface area contributed by atoms with Crippen molar-refractivity contribution < 1.29 is 63.6 Å². The molecule has 0 unspecified atom stereocenters. The standard InChI is InChI=1S/C29H41N7O13/c1-14(24(43)35-19(11-15-5-3-2-4-6-15)27(46)34-18(29(48)49)7-9-21(31)38)32-28(47)20(13-37)36-26(45)17(8-10-22(39)40)33-25(44)16(30)12-23(41)42/h2-6,14,16-20,37H,7-13,30H2,1H3,(H2,31,38)(H,32,47)(H,33,44)(H,34,46)(H,35,43)(H,36,45)(H,39,40)(H,41,42)(H,48,49)/t14-,16-,17-,18-,19-,20-/m0/s1. The maximum Gasteiger partial charge on any atom is 0.326 e. The van der Waals surface area contributed by atoms with Crippen LogP contribution < -0.4 is 38.1 Å². The first-order valence-electron chi connectivity index (χ1n) is 14.8. The van der Waals surface area contributed by atoms with E-state index >= 15 is 0 Å². The summed E-state index contributed by atoms with van der Waals surface area (Å²) in [6.07, 6.45) is -2.71. The van der Waals surface area contributed by atoms with Gasteiger partial charge in [0.1, 0.15) is 30.2 Å². The van der Waals surface area contributed by atoms with E-state index < -0.39 is 115 Å². The van der Waals surface area contributed by atoms with Crippen molar-refractivity contribution in [2.75, 3.05) is 6.61 Å². The summed E-state index contributed by atoms with van der Waals surface area (Å²) >= 11 is 0. The van der Waals surface area contributed by atoms with Gasteiger partial charge in [-0.05, 0) is 25.3 Å². The molecule has 1 aromatic carbocycles. The zero-order valence-corrected chi connectivity index (χ0v) is 26.4. The lowest BCUT2D eigenvalue weighted by atomic mass is 10.0. The third-order valence-electron chi connectivity index (χ3n) is 6.79. The van der Waals surface area contributed by atoms with Crippen LogP contribution in [0.15, 0.2) is 30.3 Å². The van der Waals surface area contributed by atoms with E-state index in [0.717, 1.165) is 0 Å². The molecule has 0 aliphatic carbocycles. The molecule has 20 nitrogen and oxygen atoms in total. The third-order valence-corrected chi connectivity index (χ3v) is 6.79. The minimum atomic E-state index is -1.73. The summed E-state index contributed by atoms with van der Waals surface area (Å²) in [7, 11) is 0. The number of hydrogen-bond donors (Lipinski definition) is 11. The van der Waals surface area contributed by atoms with E-state index in [9.17, 15) is 53.4 Å². The average Bonchev–Trinajstić information content (AvgIpc) is 3.02. The molecule has 1 rings (SSSR count). The number of carbonyl (C=O) groups is 9. The smallest absolute Gasteiger partial charge is 0.326 e. The van der Waals surface area contributed by atoms with Crippen LogP contribution in [0.25, 0.3) is 0 Å². The Hall–Kier alpha value is -5.63. The summed E-state index contributed by atoms with van der Waals surface area (Å²) in [6.45, 7) is 0.179. The van der Waals surface area contributed by atoms with Crippen LogP contribution >= 0.6 is 0 Å². The van der Waals surface area contributed by atoms with Crippen molar-refractivity contribution >= 4 is 53.4 Å². The largest absolute Gasteiger partial charge is 0.481 e. The van der Waals surface area contributed by atoms with Crippen LogP contribution in [-0.2, 0) is 49.6 Å². The molecule has 0 heterocycles. The minimum Gasteiger partial charge on any atom is -0.481 e. The van der Waals surface area contributed by atoms with Crippen molar-refractivity contribution in [3.63, 3.8) is 0 Å². The summed E-state index contributed by atoms with van der Waals surface area (Å²) < 4.78 is 0. The van der Waals surface area contributed by atoms with Gasteiger partial charge >= 0.3 is 17.9 Å². The molecular formula is C29H41N7O13. The van der Waals surface area contributed by atoms with E-state index in [2.05, 4.69) is 26.6 Å². The molecule has 0 aliphatic heterocycles. The first kappa shape index (κ1) is 41.4. The van der Waals surface area contributed by atoms with Gasteiger partial charge in [-0.15, -0.1) is 0 Å². The number of aliphatic hydroxyl groups is 1. The zero-order chi connectivity index (χ0) is 37.3. The van der Waals surface area contributed by atoms with Crippen molar-refractivity contribution in [2.24, 2.45) is 11.5 Å². The molecule has 49 heavy (non-hydrogen) atoms. The Bertz CT molecular complexity index is 1380. The van der Waals surface area contributed by atoms with E-state index in [4.69, 9.17) is 21.7 Å². The molecule has 20 heteroatoms. The van der Waals surface area contributed by atoms with E-state index in [-0.39, 0.29) is 19.3 Å². The maximum atomic E-state index is 13.1. The molecule has 0 spiro atoms. The van der Waals surface area contributed by atoms with Crippen molar-refractivity contribution in [1.82, 2.24) is 26.6 Å². The van der Waals surface area contributed by atoms with Crippen LogP contribution in [-0.4, -0.2) is 117 Å². The van der Waals surface area contributed by atoms with Gasteiger partial charge in [0.25, 0.3) is 0 Å². The lowest BCUT2D eigenvalue weighted by Gasteiger charge is -2.25. The lowest BCUT2D eigenvalue weighted by molar-refractivity contribution is -0.142. The molecule has 270 valence electrons. The molecule has 6 atom stereocenters. The van der Waals surface area contributed by atoms with E-state index in [1.807, 2.05) is 0 Å². The van der Waals surface area contributed by atoms with Crippen LogP contribution in [0.1, 0.15) is 44.6 Å². The van der Waals surface area contributed by atoms with Crippen molar-refractivity contribution in [3.05, 3.63) is 35.9 Å². The highest BCUT2D eigenvalue weighted by Gasteiger charge is 2.32. The predicted octanol–water partition coefficient (Wildman–Crippen LogP) is -4.32. The molecule has 0 fully saturated rings. The van der Waals surface area contributed by atoms with Crippen molar-refractivity contribution in [2.45, 2.75) is 81.7 Å². The molecule has 13 N–H and O–H groups in total. The van der Waals surface area contributed by atoms with Gasteiger partial charge in [-0.3, -0.25) is 38.4 Å². The van der Waals surface area contributed by atoms with Gasteiger partial charge in [0, 0.05) is 19.3 Å². The number of benzene rings is 1. The number of primary amides is 1. The Morgan fingerprint density at radius 1 is 0.653 bits per heavy atom. The second-order valence-corrected chi connectivity index (χ2v) is 10.8. The SMILES string of the molecule is C[C@H](NC(=O)[C@H](CO)NC(=O)[C@H](CCC(=O)O)NC(=O)[C@@H](N)CC(=O)O)C(=O)N[C@@H](Cc1ccccc1)C(=O)N[C@@H](CCC(N)=O)C(=O)O. The summed E-state index contributed by atoms with van der Waals surface area (Å²) in [5.74, 6) is -10.2. The van der Waals surface area contributed by atoms with Crippen LogP contribution in [0, 0.1) is 0 Å². The second-order valence-electron chi connectivity index (χ2n) is 10.8. The topological polar surface area (TPSA) is 347 Å². The molecule has 0 aromatic heterocycles. The molecule has 0 bridgehead atoms. The number of aliphatic hydroxyl groups excluding tert-OH is 1. The Balaban J connectivity index is 3.04. The number of aliphatic carboxylic acids is 3. The first-order chi connectivity index (χ1) is 22.9. The Morgan fingerprint density at radius 3 is 1.69 bits per heavy atom. The molecule has 0 aliphatic rings. The number of carboxylic acid groups (broad SMARTS) is 3. The van der Waals surface area contributed by atoms with Crippen LogP contribution in [0.5, 0.6) is 0 Å². The maximum absolute atomic E-state index is 13.1. The summed E-state index contributed by atoms with van der Waals surface area (Å²) in [5.41, 5.74) is 11.1. The number of nitrogens with two attached hydrogens (primary N) is 2. The molecule has 1 aromatic rings. The van der Waals surface area contributed by atoms with Gasteiger partial charge in [0.15, 0.2) is 0 Å². The number of nitrogens with one attached hydrogen (secondary N) is 5. The molecule has 0 saturated heterocycles. The highest BCUT2D eigenvalue weighted by atomic mass is 16.4. The molecule has 0 radical (unpaired) electrons. The van der Waals surface area contributed by atoms with Crippen molar-refractivity contribution in [1.29, 1.82) is 0 Å².